The highest BCUT2D eigenvalue weighted by atomic mass is 32.2. The Labute approximate surface area is 169 Å². The Morgan fingerprint density at radius 2 is 1.64 bits per heavy atom. The van der Waals surface area contributed by atoms with Gasteiger partial charge >= 0.3 is 0 Å². The van der Waals surface area contributed by atoms with Crippen LogP contribution in [0.15, 0.2) is 58.3 Å². The maximum atomic E-state index is 12.7. The minimum Gasteiger partial charge on any atom is -0.366 e. The van der Waals surface area contributed by atoms with E-state index in [4.69, 9.17) is 5.73 Å². The molecule has 0 radical (unpaired) electrons. The lowest BCUT2D eigenvalue weighted by molar-refractivity contribution is 0.0274. The van der Waals surface area contributed by atoms with Crippen molar-refractivity contribution in [1.82, 2.24) is 10.2 Å². The van der Waals surface area contributed by atoms with Crippen LogP contribution in [0.1, 0.15) is 40.5 Å². The number of fused-ring (bicyclic) bond motifs is 3. The summed E-state index contributed by atoms with van der Waals surface area (Å²) in [7, 11) is 0. The molecule has 0 saturated carbocycles. The molecule has 2 amide bonds. The Bertz CT molecular complexity index is 866. The van der Waals surface area contributed by atoms with Crippen LogP contribution in [0.4, 0.5) is 0 Å². The molecule has 28 heavy (non-hydrogen) atoms. The molecule has 2 bridgehead atoms. The minimum absolute atomic E-state index is 0.00811. The smallest absolute Gasteiger partial charge is 0.251 e. The van der Waals surface area contributed by atoms with Gasteiger partial charge in [0.1, 0.15) is 0 Å². The van der Waals surface area contributed by atoms with Crippen LogP contribution in [0.25, 0.3) is 0 Å². The summed E-state index contributed by atoms with van der Waals surface area (Å²) in [4.78, 5) is 28.3. The van der Waals surface area contributed by atoms with Gasteiger partial charge in [0.2, 0.25) is 5.91 Å². The topological polar surface area (TPSA) is 75.4 Å². The molecule has 6 heteroatoms. The summed E-state index contributed by atoms with van der Waals surface area (Å²) < 4.78 is 0. The number of carbonyl (C=O) groups excluding carboxylic acids is 2. The van der Waals surface area contributed by atoms with Gasteiger partial charge in [-0.05, 0) is 80.8 Å². The summed E-state index contributed by atoms with van der Waals surface area (Å²) in [5.74, 6) is 0.181. The van der Waals surface area contributed by atoms with E-state index >= 15 is 0 Å². The molecule has 3 N–H and O–H groups in total. The Hall–Kier alpha value is -2.31. The third kappa shape index (κ3) is 4.08. The zero-order valence-electron chi connectivity index (χ0n) is 15.9. The van der Waals surface area contributed by atoms with Gasteiger partial charge in [-0.15, -0.1) is 0 Å². The molecule has 146 valence electrons. The van der Waals surface area contributed by atoms with Gasteiger partial charge in [0, 0.05) is 39.5 Å². The largest absolute Gasteiger partial charge is 0.366 e. The molecule has 3 aliphatic heterocycles. The summed E-state index contributed by atoms with van der Waals surface area (Å²) >= 11 is 1.58. The number of nitrogens with two attached hydrogens (primary N) is 1. The van der Waals surface area contributed by atoms with Gasteiger partial charge in [0.15, 0.2) is 0 Å². The van der Waals surface area contributed by atoms with Crippen LogP contribution in [0.2, 0.25) is 0 Å². The molecular formula is C22H25N3O2S. The van der Waals surface area contributed by atoms with Crippen molar-refractivity contribution >= 4 is 23.6 Å². The fourth-order valence-electron chi connectivity index (χ4n) is 4.21. The van der Waals surface area contributed by atoms with Crippen molar-refractivity contribution in [2.24, 2.45) is 11.7 Å². The minimum atomic E-state index is -0.427. The quantitative estimate of drug-likeness (QED) is 0.816. The predicted octanol–water partition coefficient (Wildman–Crippen LogP) is 3.15. The second-order valence-corrected chi connectivity index (χ2v) is 8.87. The van der Waals surface area contributed by atoms with Crippen LogP contribution < -0.4 is 11.1 Å². The van der Waals surface area contributed by atoms with E-state index in [2.05, 4.69) is 17.1 Å². The molecule has 2 aromatic rings. The van der Waals surface area contributed by atoms with Gasteiger partial charge in [-0.3, -0.25) is 14.5 Å². The van der Waals surface area contributed by atoms with Crippen LogP contribution in [0.5, 0.6) is 0 Å². The van der Waals surface area contributed by atoms with Crippen LogP contribution in [0, 0.1) is 5.92 Å². The van der Waals surface area contributed by atoms with Crippen molar-refractivity contribution in [3.05, 3.63) is 59.7 Å². The average Bonchev–Trinajstić information content (AvgIpc) is 2.70. The lowest BCUT2D eigenvalue weighted by atomic mass is 9.80. The molecule has 3 aliphatic rings. The maximum Gasteiger partial charge on any atom is 0.251 e. The molecule has 3 fully saturated rings. The molecular weight excluding hydrogens is 370 g/mol. The van der Waals surface area contributed by atoms with Gasteiger partial charge in [-0.25, -0.2) is 0 Å². The first-order valence-electron chi connectivity index (χ1n) is 9.72. The summed E-state index contributed by atoms with van der Waals surface area (Å²) in [5.41, 5.74) is 6.46. The third-order valence-corrected chi connectivity index (χ3v) is 6.88. The van der Waals surface area contributed by atoms with Crippen molar-refractivity contribution in [3.63, 3.8) is 0 Å². The van der Waals surface area contributed by atoms with Crippen molar-refractivity contribution in [1.29, 1.82) is 0 Å². The summed E-state index contributed by atoms with van der Waals surface area (Å²) in [6.45, 7) is 4.40. The van der Waals surface area contributed by atoms with Crippen molar-refractivity contribution < 1.29 is 9.59 Å². The van der Waals surface area contributed by atoms with Crippen molar-refractivity contribution in [2.45, 2.75) is 41.6 Å². The van der Waals surface area contributed by atoms with Gasteiger partial charge in [-0.2, -0.15) is 0 Å². The fourth-order valence-corrected chi connectivity index (χ4v) is 5.02. The van der Waals surface area contributed by atoms with Crippen LogP contribution in [0.3, 0.4) is 0 Å². The van der Waals surface area contributed by atoms with Crippen molar-refractivity contribution in [3.8, 4) is 0 Å². The van der Waals surface area contributed by atoms with E-state index in [0.717, 1.165) is 22.9 Å². The first-order valence-corrected chi connectivity index (χ1v) is 10.5. The standard InChI is InChI=1S/C22H25N3O2S/c1-14-12-17-10-11-25(14)13-20(17)24-22(27)16-4-8-19(9-5-16)28-18-6-2-15(3-7-18)21(23)26/h2-9,14,17,20H,10-13H2,1H3,(H2,23,26)(H,24,27). The number of piperidine rings is 3. The zero-order valence-corrected chi connectivity index (χ0v) is 16.7. The zero-order chi connectivity index (χ0) is 19.7. The highest BCUT2D eigenvalue weighted by Crippen LogP contribution is 2.32. The van der Waals surface area contributed by atoms with Crippen LogP contribution >= 0.6 is 11.8 Å². The second kappa shape index (κ2) is 7.97. The highest BCUT2D eigenvalue weighted by Gasteiger charge is 2.38. The molecule has 0 spiro atoms. The fraction of sp³-hybridized carbons (Fsp3) is 0.364. The molecule has 4 atom stereocenters. The molecule has 2 aromatic carbocycles. The molecule has 3 heterocycles. The third-order valence-electron chi connectivity index (χ3n) is 5.86. The van der Waals surface area contributed by atoms with Crippen molar-refractivity contribution in [2.75, 3.05) is 13.1 Å². The number of hydrogen-bond acceptors (Lipinski definition) is 4. The van der Waals surface area contributed by atoms with E-state index in [1.54, 1.807) is 23.9 Å². The number of nitrogens with zero attached hydrogens (tertiary/aromatic N) is 1. The Balaban J connectivity index is 1.36. The van der Waals surface area contributed by atoms with Gasteiger partial charge in [-0.1, -0.05) is 11.8 Å². The molecule has 4 unspecified atom stereocenters. The normalized spacial score (nSPS) is 26.0. The number of benzene rings is 2. The average molecular weight is 396 g/mol. The van der Waals surface area contributed by atoms with Crippen LogP contribution in [-0.4, -0.2) is 41.9 Å². The Morgan fingerprint density at radius 1 is 1.04 bits per heavy atom. The van der Waals surface area contributed by atoms with E-state index in [-0.39, 0.29) is 11.9 Å². The number of amides is 2. The van der Waals surface area contributed by atoms with Gasteiger partial charge < -0.3 is 11.1 Å². The Morgan fingerprint density at radius 3 is 2.14 bits per heavy atom. The van der Waals surface area contributed by atoms with Gasteiger partial charge in [0.25, 0.3) is 5.91 Å². The number of carbonyl (C=O) groups is 2. The predicted molar refractivity (Wildman–Crippen MR) is 111 cm³/mol. The lowest BCUT2D eigenvalue weighted by Crippen LogP contribution is -2.60. The molecule has 5 rings (SSSR count). The number of rotatable bonds is 5. The molecule has 0 aromatic heterocycles. The number of primary amides is 1. The van der Waals surface area contributed by atoms with E-state index in [0.29, 0.717) is 23.1 Å². The monoisotopic (exact) mass is 395 g/mol. The highest BCUT2D eigenvalue weighted by molar-refractivity contribution is 7.99. The SMILES string of the molecule is CC1CC2CCN1CC2NC(=O)c1ccc(Sc2ccc(C(N)=O)cc2)cc1. The van der Waals surface area contributed by atoms with E-state index in [9.17, 15) is 9.59 Å². The summed E-state index contributed by atoms with van der Waals surface area (Å²) in [5, 5.41) is 3.24. The maximum absolute atomic E-state index is 12.7. The summed E-state index contributed by atoms with van der Waals surface area (Å²) in [6.07, 6.45) is 2.36. The number of nitrogens with one attached hydrogen (secondary N) is 1. The first kappa shape index (κ1) is 19.0. The van der Waals surface area contributed by atoms with E-state index in [1.807, 2.05) is 36.4 Å². The van der Waals surface area contributed by atoms with E-state index in [1.165, 1.54) is 12.8 Å². The van der Waals surface area contributed by atoms with Gasteiger partial charge in [0.05, 0.1) is 0 Å². The van der Waals surface area contributed by atoms with Crippen LogP contribution in [-0.2, 0) is 0 Å². The van der Waals surface area contributed by atoms with E-state index < -0.39 is 5.91 Å². The molecule has 0 aliphatic carbocycles. The molecule has 3 saturated heterocycles. The lowest BCUT2D eigenvalue weighted by Gasteiger charge is -2.48. The summed E-state index contributed by atoms with van der Waals surface area (Å²) in [6, 6.07) is 15.8. The molecule has 5 nitrogen and oxygen atoms in total. The Kier molecular flexibility index (Phi) is 5.42. The first-order chi connectivity index (χ1) is 13.5. The second-order valence-electron chi connectivity index (χ2n) is 7.72. The number of hydrogen-bond donors (Lipinski definition) is 2.